The molecule has 0 unspecified atom stereocenters. The summed E-state index contributed by atoms with van der Waals surface area (Å²) in [5.41, 5.74) is 2.35. The Morgan fingerprint density at radius 3 is 2.62 bits per heavy atom. The van der Waals surface area contributed by atoms with Crippen LogP contribution < -0.4 is 5.32 Å². The van der Waals surface area contributed by atoms with E-state index in [2.05, 4.69) is 15.5 Å². The van der Waals surface area contributed by atoms with E-state index in [0.29, 0.717) is 30.3 Å². The van der Waals surface area contributed by atoms with Crippen molar-refractivity contribution in [1.29, 1.82) is 0 Å². The van der Waals surface area contributed by atoms with Gasteiger partial charge in [-0.2, -0.15) is 0 Å². The van der Waals surface area contributed by atoms with Crippen molar-refractivity contribution in [2.24, 2.45) is 0 Å². The maximum absolute atomic E-state index is 12.8. The lowest BCUT2D eigenvalue weighted by molar-refractivity contribution is 0.0953. The molecule has 3 aromatic rings. The molecule has 0 radical (unpaired) electrons. The van der Waals surface area contributed by atoms with E-state index in [1.54, 1.807) is 0 Å². The molecule has 0 aliphatic heterocycles. The third kappa shape index (κ3) is 3.65. The normalized spacial score (nSPS) is 10.6. The predicted octanol–water partition coefficient (Wildman–Crippen LogP) is 3.16. The van der Waals surface area contributed by atoms with E-state index >= 15 is 0 Å². The maximum Gasteiger partial charge on any atom is 0.251 e. The minimum absolute atomic E-state index is 0.270. The van der Waals surface area contributed by atoms with Crippen LogP contribution in [-0.2, 0) is 6.42 Å². The van der Waals surface area contributed by atoms with Crippen LogP contribution in [0.3, 0.4) is 0 Å². The van der Waals surface area contributed by atoms with Crippen molar-refractivity contribution in [3.05, 3.63) is 71.4 Å². The van der Waals surface area contributed by atoms with Gasteiger partial charge in [0.15, 0.2) is 0 Å². The van der Waals surface area contributed by atoms with E-state index in [0.717, 1.165) is 11.1 Å². The quantitative estimate of drug-likeness (QED) is 0.782. The zero-order valence-electron chi connectivity index (χ0n) is 13.1. The summed E-state index contributed by atoms with van der Waals surface area (Å²) in [5, 5.41) is 10.8. The first-order chi connectivity index (χ1) is 11.6. The number of nitrogens with one attached hydrogen (secondary N) is 1. The van der Waals surface area contributed by atoms with Crippen LogP contribution in [-0.4, -0.2) is 22.6 Å². The number of nitrogens with zero attached hydrogens (tertiary/aromatic N) is 2. The lowest BCUT2D eigenvalue weighted by Gasteiger charge is -2.03. The number of hydrogen-bond donors (Lipinski definition) is 1. The molecule has 0 spiro atoms. The van der Waals surface area contributed by atoms with Crippen LogP contribution in [0.1, 0.15) is 21.8 Å². The van der Waals surface area contributed by atoms with Gasteiger partial charge in [-0.05, 0) is 42.8 Å². The second kappa shape index (κ2) is 7.04. The lowest BCUT2D eigenvalue weighted by Crippen LogP contribution is -2.25. The monoisotopic (exact) mass is 325 g/mol. The van der Waals surface area contributed by atoms with Crippen molar-refractivity contribution in [3.8, 4) is 11.5 Å². The summed E-state index contributed by atoms with van der Waals surface area (Å²) < 4.78 is 18.5. The lowest BCUT2D eigenvalue weighted by atomic mass is 10.1. The Kier molecular flexibility index (Phi) is 4.65. The highest BCUT2D eigenvalue weighted by Crippen LogP contribution is 2.21. The third-order valence-electron chi connectivity index (χ3n) is 3.57. The predicted molar refractivity (Wildman–Crippen MR) is 86.9 cm³/mol. The summed E-state index contributed by atoms with van der Waals surface area (Å²) >= 11 is 0. The minimum Gasteiger partial charge on any atom is -0.421 e. The van der Waals surface area contributed by atoms with Crippen molar-refractivity contribution in [1.82, 2.24) is 15.5 Å². The van der Waals surface area contributed by atoms with E-state index in [9.17, 15) is 9.18 Å². The summed E-state index contributed by atoms with van der Waals surface area (Å²) in [7, 11) is 0. The fourth-order valence-electron chi connectivity index (χ4n) is 2.26. The summed E-state index contributed by atoms with van der Waals surface area (Å²) in [6.45, 7) is 2.33. The number of hydrogen-bond acceptors (Lipinski definition) is 4. The van der Waals surface area contributed by atoms with E-state index in [4.69, 9.17) is 4.42 Å². The molecule has 0 atom stereocenters. The number of carbonyl (C=O) groups is 1. The molecule has 2 aromatic carbocycles. The Hall–Kier alpha value is -3.02. The third-order valence-corrected chi connectivity index (χ3v) is 3.57. The number of aromatic nitrogens is 2. The Balaban J connectivity index is 1.57. The van der Waals surface area contributed by atoms with Crippen molar-refractivity contribution >= 4 is 5.91 Å². The first-order valence-corrected chi connectivity index (χ1v) is 7.55. The second-order valence-electron chi connectivity index (χ2n) is 5.33. The van der Waals surface area contributed by atoms with Crippen molar-refractivity contribution in [2.45, 2.75) is 13.3 Å². The van der Waals surface area contributed by atoms with Crippen molar-refractivity contribution < 1.29 is 13.6 Å². The smallest absolute Gasteiger partial charge is 0.251 e. The number of rotatable bonds is 5. The topological polar surface area (TPSA) is 68.0 Å². The molecule has 1 amide bonds. The first kappa shape index (κ1) is 15.9. The fourth-order valence-corrected chi connectivity index (χ4v) is 2.26. The molecule has 3 rings (SSSR count). The summed E-state index contributed by atoms with van der Waals surface area (Å²) in [6.07, 6.45) is 0.422. The van der Waals surface area contributed by atoms with Gasteiger partial charge < -0.3 is 9.73 Å². The highest BCUT2D eigenvalue weighted by atomic mass is 19.1. The van der Waals surface area contributed by atoms with Crippen LogP contribution in [0.4, 0.5) is 4.39 Å². The Bertz CT molecular complexity index is 843. The molecular formula is C18H16FN3O2. The molecule has 1 heterocycles. The van der Waals surface area contributed by atoms with Gasteiger partial charge in [-0.1, -0.05) is 18.2 Å². The van der Waals surface area contributed by atoms with Gasteiger partial charge in [-0.25, -0.2) is 4.39 Å². The van der Waals surface area contributed by atoms with E-state index in [1.807, 2.05) is 31.2 Å². The summed E-state index contributed by atoms with van der Waals surface area (Å²) in [4.78, 5) is 11.9. The molecule has 0 saturated heterocycles. The van der Waals surface area contributed by atoms with E-state index in [1.165, 1.54) is 24.3 Å². The van der Waals surface area contributed by atoms with Crippen molar-refractivity contribution in [2.75, 3.05) is 6.54 Å². The maximum atomic E-state index is 12.8. The Morgan fingerprint density at radius 2 is 1.88 bits per heavy atom. The van der Waals surface area contributed by atoms with Gasteiger partial charge in [-0.15, -0.1) is 10.2 Å². The van der Waals surface area contributed by atoms with Crippen LogP contribution in [0.2, 0.25) is 0 Å². The Labute approximate surface area is 138 Å². The zero-order valence-corrected chi connectivity index (χ0v) is 13.1. The molecule has 122 valence electrons. The van der Waals surface area contributed by atoms with Crippen LogP contribution >= 0.6 is 0 Å². The SMILES string of the molecule is Cc1ccccc1-c1nnc(CCNC(=O)c2ccc(F)cc2)o1. The first-order valence-electron chi connectivity index (χ1n) is 7.55. The van der Waals surface area contributed by atoms with Gasteiger partial charge in [0.1, 0.15) is 5.82 Å². The number of halogens is 1. The number of amides is 1. The number of benzene rings is 2. The molecule has 0 aliphatic carbocycles. The van der Waals surface area contributed by atoms with Gasteiger partial charge >= 0.3 is 0 Å². The van der Waals surface area contributed by atoms with Gasteiger partial charge in [0.2, 0.25) is 11.8 Å². The molecule has 24 heavy (non-hydrogen) atoms. The van der Waals surface area contributed by atoms with Crippen LogP contribution in [0.5, 0.6) is 0 Å². The Morgan fingerprint density at radius 1 is 1.12 bits per heavy atom. The van der Waals surface area contributed by atoms with Crippen LogP contribution in [0.15, 0.2) is 52.9 Å². The second-order valence-corrected chi connectivity index (χ2v) is 5.33. The molecule has 0 aliphatic rings. The van der Waals surface area contributed by atoms with Gasteiger partial charge in [0.05, 0.1) is 0 Å². The summed E-state index contributed by atoms with van der Waals surface area (Å²) in [5.74, 6) is 0.274. The molecule has 1 aromatic heterocycles. The van der Waals surface area contributed by atoms with Crippen LogP contribution in [0, 0.1) is 12.7 Å². The average molecular weight is 325 g/mol. The van der Waals surface area contributed by atoms with Gasteiger partial charge in [-0.3, -0.25) is 4.79 Å². The van der Waals surface area contributed by atoms with E-state index in [-0.39, 0.29) is 11.7 Å². The number of aryl methyl sites for hydroxylation is 1. The molecule has 0 fully saturated rings. The zero-order chi connectivity index (χ0) is 16.9. The number of carbonyl (C=O) groups excluding carboxylic acids is 1. The van der Waals surface area contributed by atoms with E-state index < -0.39 is 0 Å². The largest absolute Gasteiger partial charge is 0.421 e. The fraction of sp³-hybridized carbons (Fsp3) is 0.167. The highest BCUT2D eigenvalue weighted by Gasteiger charge is 2.11. The average Bonchev–Trinajstić information content (AvgIpc) is 3.04. The molecule has 0 bridgehead atoms. The van der Waals surface area contributed by atoms with Gasteiger partial charge in [0, 0.05) is 24.1 Å². The van der Waals surface area contributed by atoms with Crippen molar-refractivity contribution in [3.63, 3.8) is 0 Å². The standard InChI is InChI=1S/C18H16FN3O2/c1-12-4-2-3-5-15(12)18-22-21-16(24-18)10-11-20-17(23)13-6-8-14(19)9-7-13/h2-9H,10-11H2,1H3,(H,20,23). The summed E-state index contributed by atoms with van der Waals surface area (Å²) in [6, 6.07) is 13.1. The molecule has 6 heteroatoms. The molecule has 0 saturated carbocycles. The molecule has 1 N–H and O–H groups in total. The molecular weight excluding hydrogens is 309 g/mol. The highest BCUT2D eigenvalue weighted by molar-refractivity contribution is 5.94. The van der Waals surface area contributed by atoms with Crippen LogP contribution in [0.25, 0.3) is 11.5 Å². The molecule has 5 nitrogen and oxygen atoms in total. The minimum atomic E-state index is -0.374. The van der Waals surface area contributed by atoms with Gasteiger partial charge in [0.25, 0.3) is 5.91 Å².